The van der Waals surface area contributed by atoms with Crippen LogP contribution in [0.4, 0.5) is 9.59 Å². The SMILES string of the molecule is C[C@@H]1OC(=O)[C@@H](N(C(=O)OC(C)(C)C)C(=O)OC(C)(C)C)COC[C@H](Oc2ccccc2)[C@H]1OCC=C1CCCCC1. The first-order valence-electron chi connectivity index (χ1n) is 14.8. The van der Waals surface area contributed by atoms with E-state index in [1.165, 1.54) is 24.8 Å². The van der Waals surface area contributed by atoms with Crippen LogP contribution in [0.1, 0.15) is 80.6 Å². The molecule has 1 aromatic rings. The summed E-state index contributed by atoms with van der Waals surface area (Å²) in [6, 6.07) is 7.77. The molecule has 1 saturated carbocycles. The van der Waals surface area contributed by atoms with Crippen molar-refractivity contribution in [2.45, 2.75) is 116 Å². The third-order valence-corrected chi connectivity index (χ3v) is 6.64. The molecule has 234 valence electrons. The Morgan fingerprint density at radius 1 is 0.929 bits per heavy atom. The summed E-state index contributed by atoms with van der Waals surface area (Å²) in [7, 11) is 0. The lowest BCUT2D eigenvalue weighted by atomic mass is 9.95. The summed E-state index contributed by atoms with van der Waals surface area (Å²) >= 11 is 0. The first kappa shape index (κ1) is 33.4. The number of ether oxygens (including phenoxy) is 6. The molecule has 10 heteroatoms. The van der Waals surface area contributed by atoms with E-state index in [0.29, 0.717) is 17.3 Å². The summed E-state index contributed by atoms with van der Waals surface area (Å²) in [4.78, 5) is 40.7. The van der Waals surface area contributed by atoms with Crippen LogP contribution in [-0.2, 0) is 28.5 Å². The zero-order chi connectivity index (χ0) is 30.9. The smallest absolute Gasteiger partial charge is 0.420 e. The van der Waals surface area contributed by atoms with E-state index >= 15 is 0 Å². The predicted molar refractivity (Wildman–Crippen MR) is 156 cm³/mol. The summed E-state index contributed by atoms with van der Waals surface area (Å²) in [6.07, 6.45) is 3.53. The fourth-order valence-corrected chi connectivity index (χ4v) is 4.73. The number of carbonyl (C=O) groups is 3. The standard InChI is InChI=1S/C32H47NO9/c1-22-27(38-19-18-23-14-10-8-11-15-23)26(40-24-16-12-9-13-17-24)21-37-20-25(28(34)39-22)33(29(35)41-31(2,3)4)30(36)42-32(5,6)7/h9,12-13,16-18,22,25-27H,8,10-11,14-15,19-21H2,1-7H3/t22-,25-,26-,27-/m0/s1. The monoisotopic (exact) mass is 589 g/mol. The molecule has 0 N–H and O–H groups in total. The van der Waals surface area contributed by atoms with Crippen molar-refractivity contribution in [2.24, 2.45) is 0 Å². The first-order valence-corrected chi connectivity index (χ1v) is 14.8. The minimum atomic E-state index is -1.46. The van der Waals surface area contributed by atoms with Crippen molar-refractivity contribution in [1.29, 1.82) is 0 Å². The van der Waals surface area contributed by atoms with Crippen molar-refractivity contribution in [3.63, 3.8) is 0 Å². The third-order valence-electron chi connectivity index (χ3n) is 6.64. The Labute approximate surface area is 249 Å². The minimum Gasteiger partial charge on any atom is -0.485 e. The van der Waals surface area contributed by atoms with Gasteiger partial charge in [0.1, 0.15) is 29.2 Å². The molecule has 4 atom stereocenters. The molecular formula is C32H47NO9. The molecule has 2 amide bonds. The van der Waals surface area contributed by atoms with Gasteiger partial charge in [-0.2, -0.15) is 4.90 Å². The van der Waals surface area contributed by atoms with E-state index in [9.17, 15) is 14.4 Å². The number of cyclic esters (lactones) is 1. The lowest BCUT2D eigenvalue weighted by molar-refractivity contribution is -0.164. The molecule has 0 unspecified atom stereocenters. The van der Waals surface area contributed by atoms with Crippen LogP contribution in [0, 0.1) is 0 Å². The van der Waals surface area contributed by atoms with Gasteiger partial charge in [-0.15, -0.1) is 0 Å². The van der Waals surface area contributed by atoms with Crippen molar-refractivity contribution in [1.82, 2.24) is 4.90 Å². The van der Waals surface area contributed by atoms with E-state index in [-0.39, 0.29) is 13.2 Å². The number of esters is 1. The normalized spacial score (nSPS) is 23.9. The number of rotatable bonds is 6. The molecule has 1 saturated heterocycles. The molecule has 0 radical (unpaired) electrons. The summed E-state index contributed by atoms with van der Waals surface area (Å²) < 4.78 is 35.3. The molecule has 1 heterocycles. The summed E-state index contributed by atoms with van der Waals surface area (Å²) in [6.45, 7) is 11.6. The van der Waals surface area contributed by atoms with Crippen LogP contribution in [0.3, 0.4) is 0 Å². The highest BCUT2D eigenvalue weighted by Gasteiger charge is 2.44. The van der Waals surface area contributed by atoms with E-state index in [4.69, 9.17) is 28.4 Å². The zero-order valence-corrected chi connectivity index (χ0v) is 26.1. The average molecular weight is 590 g/mol. The maximum Gasteiger partial charge on any atom is 0.420 e. The van der Waals surface area contributed by atoms with Gasteiger partial charge in [0.05, 0.1) is 19.8 Å². The van der Waals surface area contributed by atoms with Crippen LogP contribution in [0.15, 0.2) is 42.0 Å². The number of hydrogen-bond acceptors (Lipinski definition) is 9. The maximum atomic E-state index is 13.6. The number of benzene rings is 1. The van der Waals surface area contributed by atoms with E-state index < -0.39 is 53.7 Å². The first-order chi connectivity index (χ1) is 19.7. The highest BCUT2D eigenvalue weighted by molar-refractivity contribution is 5.94. The Hall–Kier alpha value is -3.11. The van der Waals surface area contributed by atoms with Crippen LogP contribution in [-0.4, -0.2) is 78.4 Å². The van der Waals surface area contributed by atoms with E-state index in [1.807, 2.05) is 30.3 Å². The van der Waals surface area contributed by atoms with Crippen molar-refractivity contribution >= 4 is 18.2 Å². The molecule has 1 aliphatic heterocycles. The van der Waals surface area contributed by atoms with Gasteiger partial charge in [-0.25, -0.2) is 14.4 Å². The van der Waals surface area contributed by atoms with Gasteiger partial charge in [0.25, 0.3) is 0 Å². The Bertz CT molecular complexity index is 1040. The zero-order valence-electron chi connectivity index (χ0n) is 26.1. The second-order valence-electron chi connectivity index (χ2n) is 12.7. The predicted octanol–water partition coefficient (Wildman–Crippen LogP) is 6.21. The fraction of sp³-hybridized carbons (Fsp3) is 0.656. The summed E-state index contributed by atoms with van der Waals surface area (Å²) in [5.74, 6) is -0.248. The second-order valence-corrected chi connectivity index (χ2v) is 12.7. The maximum absolute atomic E-state index is 13.6. The second kappa shape index (κ2) is 14.9. The number of amides is 2. The highest BCUT2D eigenvalue weighted by Crippen LogP contribution is 2.25. The highest BCUT2D eigenvalue weighted by atomic mass is 16.6. The third kappa shape index (κ3) is 10.6. The van der Waals surface area contributed by atoms with Crippen LogP contribution >= 0.6 is 0 Å². The summed E-state index contributed by atoms with van der Waals surface area (Å²) in [5, 5.41) is 0. The molecule has 3 rings (SSSR count). The van der Waals surface area contributed by atoms with Crippen molar-refractivity contribution in [3.05, 3.63) is 42.0 Å². The van der Waals surface area contributed by atoms with Crippen molar-refractivity contribution < 1.29 is 42.8 Å². The van der Waals surface area contributed by atoms with Crippen molar-refractivity contribution in [2.75, 3.05) is 19.8 Å². The Morgan fingerprint density at radius 3 is 2.10 bits per heavy atom. The Morgan fingerprint density at radius 2 is 1.52 bits per heavy atom. The topological polar surface area (TPSA) is 110 Å². The number of imide groups is 1. The molecule has 2 fully saturated rings. The summed E-state index contributed by atoms with van der Waals surface area (Å²) in [5.41, 5.74) is -0.515. The Kier molecular flexibility index (Phi) is 11.8. The number of para-hydroxylation sites is 1. The van der Waals surface area contributed by atoms with Gasteiger partial charge in [-0.3, -0.25) is 0 Å². The fourth-order valence-electron chi connectivity index (χ4n) is 4.73. The van der Waals surface area contributed by atoms with Gasteiger partial charge < -0.3 is 28.4 Å². The number of allylic oxidation sites excluding steroid dienone is 1. The molecule has 0 aromatic heterocycles. The van der Waals surface area contributed by atoms with Crippen LogP contribution < -0.4 is 4.74 Å². The van der Waals surface area contributed by atoms with Crippen LogP contribution in [0.25, 0.3) is 0 Å². The van der Waals surface area contributed by atoms with E-state index in [0.717, 1.165) is 12.8 Å². The molecule has 0 spiro atoms. The Balaban J connectivity index is 1.88. The molecule has 2 aliphatic rings. The van der Waals surface area contributed by atoms with Crippen LogP contribution in [0.5, 0.6) is 5.75 Å². The number of carbonyl (C=O) groups excluding carboxylic acids is 3. The molecular weight excluding hydrogens is 542 g/mol. The lowest BCUT2D eigenvalue weighted by Crippen LogP contribution is -2.54. The van der Waals surface area contributed by atoms with Gasteiger partial charge >= 0.3 is 18.2 Å². The van der Waals surface area contributed by atoms with Gasteiger partial charge in [0.15, 0.2) is 12.1 Å². The molecule has 0 bridgehead atoms. The largest absolute Gasteiger partial charge is 0.485 e. The van der Waals surface area contributed by atoms with Gasteiger partial charge in [0, 0.05) is 0 Å². The molecule has 1 aliphatic carbocycles. The van der Waals surface area contributed by atoms with Gasteiger partial charge in [0.2, 0.25) is 0 Å². The van der Waals surface area contributed by atoms with Gasteiger partial charge in [-0.1, -0.05) is 36.3 Å². The van der Waals surface area contributed by atoms with E-state index in [2.05, 4.69) is 6.08 Å². The van der Waals surface area contributed by atoms with Crippen LogP contribution in [0.2, 0.25) is 0 Å². The lowest BCUT2D eigenvalue weighted by Gasteiger charge is -2.32. The van der Waals surface area contributed by atoms with E-state index in [1.54, 1.807) is 48.5 Å². The molecule has 1 aromatic carbocycles. The number of hydrogen-bond donors (Lipinski definition) is 0. The molecule has 42 heavy (non-hydrogen) atoms. The van der Waals surface area contributed by atoms with Crippen molar-refractivity contribution in [3.8, 4) is 5.75 Å². The van der Waals surface area contributed by atoms with Gasteiger partial charge in [-0.05, 0) is 86.3 Å². The molecule has 10 nitrogen and oxygen atoms in total. The average Bonchev–Trinajstić information content (AvgIpc) is 2.93. The minimum absolute atomic E-state index is 0.00406. The quantitative estimate of drug-likeness (QED) is 0.217. The number of nitrogens with zero attached hydrogens (tertiary/aromatic N) is 1.